The third-order valence-electron chi connectivity index (χ3n) is 4.12. The van der Waals surface area contributed by atoms with Crippen molar-refractivity contribution in [3.05, 3.63) is 66.5 Å². The molecule has 0 aliphatic carbocycles. The van der Waals surface area contributed by atoms with Crippen molar-refractivity contribution in [1.29, 1.82) is 0 Å². The number of hydrogen-bond donors (Lipinski definition) is 4. The first-order valence-electron chi connectivity index (χ1n) is 9.22. The fourth-order valence-corrected chi connectivity index (χ4v) is 4.38. The van der Waals surface area contributed by atoms with Crippen LogP contribution in [0.1, 0.15) is 12.5 Å². The van der Waals surface area contributed by atoms with Crippen molar-refractivity contribution in [2.24, 2.45) is 5.14 Å². The van der Waals surface area contributed by atoms with E-state index in [2.05, 4.69) is 25.3 Å². The number of nitrogens with two attached hydrogens (primary N) is 1. The van der Waals surface area contributed by atoms with Gasteiger partial charge in [-0.3, -0.25) is 0 Å². The van der Waals surface area contributed by atoms with Crippen LogP contribution in [0.2, 0.25) is 0 Å². The normalized spacial score (nSPS) is 11.8. The number of nitrogens with one attached hydrogen (secondary N) is 3. The van der Waals surface area contributed by atoms with Gasteiger partial charge >= 0.3 is 0 Å². The molecule has 3 rings (SSSR count). The Morgan fingerprint density at radius 3 is 2.35 bits per heavy atom. The summed E-state index contributed by atoms with van der Waals surface area (Å²) in [6, 6.07) is 14.3. The number of hydrogen-bond acceptors (Lipinski definition) is 8. The molecule has 1 heterocycles. The van der Waals surface area contributed by atoms with Crippen molar-refractivity contribution >= 4 is 37.4 Å². The fraction of sp³-hybridized carbons (Fsp3) is 0.158. The van der Waals surface area contributed by atoms with Gasteiger partial charge in [0.15, 0.2) is 0 Å². The molecule has 0 aliphatic heterocycles. The van der Waals surface area contributed by atoms with Crippen LogP contribution in [0.15, 0.2) is 70.7 Å². The van der Waals surface area contributed by atoms with Gasteiger partial charge in [0.2, 0.25) is 20.0 Å². The van der Waals surface area contributed by atoms with Crippen LogP contribution in [0, 0.1) is 0 Å². The van der Waals surface area contributed by atoms with E-state index < -0.39 is 20.0 Å². The molecule has 0 bridgehead atoms. The molecule has 31 heavy (non-hydrogen) atoms. The van der Waals surface area contributed by atoms with Crippen LogP contribution in [0.25, 0.3) is 0 Å². The highest BCUT2D eigenvalue weighted by Crippen LogP contribution is 2.20. The zero-order chi connectivity index (χ0) is 22.5. The van der Waals surface area contributed by atoms with Gasteiger partial charge in [-0.1, -0.05) is 25.1 Å². The lowest BCUT2D eigenvalue weighted by Crippen LogP contribution is -2.23. The first-order chi connectivity index (χ1) is 14.7. The molecule has 0 saturated carbocycles. The maximum Gasteiger partial charge on any atom is 0.240 e. The van der Waals surface area contributed by atoms with E-state index in [0.717, 1.165) is 0 Å². The lowest BCUT2D eigenvalue weighted by atomic mass is 10.2. The van der Waals surface area contributed by atoms with E-state index in [1.165, 1.54) is 30.6 Å². The summed E-state index contributed by atoms with van der Waals surface area (Å²) in [6.07, 6.45) is 1.35. The second-order valence-corrected chi connectivity index (χ2v) is 9.82. The molecule has 12 heteroatoms. The summed E-state index contributed by atoms with van der Waals surface area (Å²) in [5.41, 5.74) is 1.26. The van der Waals surface area contributed by atoms with Crippen molar-refractivity contribution in [2.75, 3.05) is 17.2 Å². The summed E-state index contributed by atoms with van der Waals surface area (Å²) in [7, 11) is -7.35. The molecule has 164 valence electrons. The van der Waals surface area contributed by atoms with Crippen LogP contribution in [-0.2, 0) is 26.6 Å². The zero-order valence-corrected chi connectivity index (χ0v) is 18.2. The van der Waals surface area contributed by atoms with Gasteiger partial charge in [-0.05, 0) is 35.9 Å². The second-order valence-electron chi connectivity index (χ2n) is 6.49. The Morgan fingerprint density at radius 1 is 0.903 bits per heavy atom. The molecule has 5 N–H and O–H groups in total. The Hall–Kier alpha value is -3.06. The molecular weight excluding hydrogens is 440 g/mol. The van der Waals surface area contributed by atoms with Gasteiger partial charge in [-0.2, -0.15) is 0 Å². The molecular formula is C19H22N6O4S2. The number of nitrogens with zero attached hydrogens (tertiary/aromatic N) is 2. The van der Waals surface area contributed by atoms with E-state index in [1.54, 1.807) is 37.3 Å². The SMILES string of the molecule is CCNS(=O)(=O)c1cccc(Nc2cc(NCc3cccc(S(N)(=O)=O)c3)ncn2)c1. The Bertz CT molecular complexity index is 1280. The summed E-state index contributed by atoms with van der Waals surface area (Å²) in [4.78, 5) is 8.45. The monoisotopic (exact) mass is 462 g/mol. The lowest BCUT2D eigenvalue weighted by molar-refractivity contribution is 0.583. The summed E-state index contributed by atoms with van der Waals surface area (Å²) in [6.45, 7) is 2.32. The van der Waals surface area contributed by atoms with Crippen LogP contribution in [-0.4, -0.2) is 33.3 Å². The lowest BCUT2D eigenvalue weighted by Gasteiger charge is -2.11. The predicted molar refractivity (Wildman–Crippen MR) is 118 cm³/mol. The van der Waals surface area contributed by atoms with Crippen molar-refractivity contribution in [3.8, 4) is 0 Å². The quantitative estimate of drug-likeness (QED) is 0.375. The highest BCUT2D eigenvalue weighted by molar-refractivity contribution is 7.89. The van der Waals surface area contributed by atoms with Crippen LogP contribution < -0.4 is 20.5 Å². The Morgan fingerprint density at radius 2 is 1.61 bits per heavy atom. The smallest absolute Gasteiger partial charge is 0.240 e. The average Bonchev–Trinajstić information content (AvgIpc) is 2.72. The molecule has 10 nitrogen and oxygen atoms in total. The Balaban J connectivity index is 1.72. The molecule has 0 spiro atoms. The minimum absolute atomic E-state index is 0.0317. The topological polar surface area (TPSA) is 156 Å². The van der Waals surface area contributed by atoms with E-state index in [-0.39, 0.29) is 9.79 Å². The van der Waals surface area contributed by atoms with Gasteiger partial charge in [0, 0.05) is 24.8 Å². The van der Waals surface area contributed by atoms with Crippen LogP contribution in [0.4, 0.5) is 17.3 Å². The number of sulfonamides is 2. The third-order valence-corrected chi connectivity index (χ3v) is 6.57. The summed E-state index contributed by atoms with van der Waals surface area (Å²) >= 11 is 0. The zero-order valence-electron chi connectivity index (χ0n) is 16.6. The summed E-state index contributed by atoms with van der Waals surface area (Å²) in [5, 5.41) is 11.3. The molecule has 0 unspecified atom stereocenters. The fourth-order valence-electron chi connectivity index (χ4n) is 2.71. The molecule has 0 atom stereocenters. The predicted octanol–water partition coefficient (Wildman–Crippen LogP) is 1.78. The maximum atomic E-state index is 12.2. The van der Waals surface area contributed by atoms with Crippen molar-refractivity contribution in [3.63, 3.8) is 0 Å². The molecule has 1 aromatic heterocycles. The third kappa shape index (κ3) is 6.21. The molecule has 0 radical (unpaired) electrons. The first-order valence-corrected chi connectivity index (χ1v) is 12.2. The van der Waals surface area contributed by atoms with Crippen LogP contribution in [0.5, 0.6) is 0 Å². The van der Waals surface area contributed by atoms with Crippen LogP contribution >= 0.6 is 0 Å². The minimum Gasteiger partial charge on any atom is -0.366 e. The molecule has 3 aromatic rings. The largest absolute Gasteiger partial charge is 0.366 e. The number of primary sulfonamides is 1. The maximum absolute atomic E-state index is 12.2. The van der Waals surface area contributed by atoms with Gasteiger partial charge < -0.3 is 10.6 Å². The standard InChI is InChI=1S/C19H22N6O4S2/c1-2-24-31(28,29)17-8-4-6-15(10-17)25-19-11-18(22-13-23-19)21-12-14-5-3-7-16(9-14)30(20,26)27/h3-11,13,24H,2,12H2,1H3,(H2,20,26,27)(H2,21,22,23,25). The number of anilines is 3. The minimum atomic E-state index is -3.78. The van der Waals surface area contributed by atoms with Gasteiger partial charge in [0.25, 0.3) is 0 Å². The van der Waals surface area contributed by atoms with Gasteiger partial charge in [-0.25, -0.2) is 36.7 Å². The Labute approximate surface area is 181 Å². The molecule has 0 aliphatic rings. The Kier molecular flexibility index (Phi) is 6.85. The number of benzene rings is 2. The number of rotatable bonds is 9. The summed E-state index contributed by atoms with van der Waals surface area (Å²) in [5.74, 6) is 0.948. The molecule has 0 amide bonds. The molecule has 2 aromatic carbocycles. The van der Waals surface area contributed by atoms with Gasteiger partial charge in [-0.15, -0.1) is 0 Å². The van der Waals surface area contributed by atoms with Gasteiger partial charge in [0.05, 0.1) is 9.79 Å². The number of aromatic nitrogens is 2. The van der Waals surface area contributed by atoms with Crippen molar-refractivity contribution in [2.45, 2.75) is 23.3 Å². The van der Waals surface area contributed by atoms with Crippen molar-refractivity contribution in [1.82, 2.24) is 14.7 Å². The second kappa shape index (κ2) is 9.39. The highest BCUT2D eigenvalue weighted by Gasteiger charge is 2.13. The molecule has 0 saturated heterocycles. The van der Waals surface area contributed by atoms with Crippen LogP contribution in [0.3, 0.4) is 0 Å². The summed E-state index contributed by atoms with van der Waals surface area (Å²) < 4.78 is 49.8. The van der Waals surface area contributed by atoms with E-state index in [4.69, 9.17) is 5.14 Å². The van der Waals surface area contributed by atoms with Crippen molar-refractivity contribution < 1.29 is 16.8 Å². The van der Waals surface area contributed by atoms with E-state index in [0.29, 0.717) is 36.0 Å². The van der Waals surface area contributed by atoms with E-state index in [1.807, 2.05) is 0 Å². The highest BCUT2D eigenvalue weighted by atomic mass is 32.2. The average molecular weight is 463 g/mol. The van der Waals surface area contributed by atoms with E-state index >= 15 is 0 Å². The molecule has 0 fully saturated rings. The van der Waals surface area contributed by atoms with Gasteiger partial charge in [0.1, 0.15) is 18.0 Å². The first kappa shape index (κ1) is 22.6. The van der Waals surface area contributed by atoms with E-state index in [9.17, 15) is 16.8 Å².